The lowest BCUT2D eigenvalue weighted by molar-refractivity contribution is 0.847. The van der Waals surface area contributed by atoms with Crippen molar-refractivity contribution >= 4 is 23.0 Å². The Hall–Kier alpha value is -2.28. The highest BCUT2D eigenvalue weighted by Crippen LogP contribution is 2.14. The Labute approximate surface area is 108 Å². The zero-order valence-corrected chi connectivity index (χ0v) is 10.4. The van der Waals surface area contributed by atoms with Gasteiger partial charge in [-0.3, -0.25) is 4.57 Å². The summed E-state index contributed by atoms with van der Waals surface area (Å²) in [5, 5.41) is 4.15. The van der Waals surface area contributed by atoms with E-state index in [1.807, 2.05) is 35.9 Å². The van der Waals surface area contributed by atoms with Gasteiger partial charge in [0.2, 0.25) is 0 Å². The molecule has 3 aromatic heterocycles. The highest BCUT2D eigenvalue weighted by atomic mass is 32.1. The van der Waals surface area contributed by atoms with E-state index in [0.717, 1.165) is 17.2 Å². The summed E-state index contributed by atoms with van der Waals surface area (Å²) in [6.45, 7) is 1.90. The summed E-state index contributed by atoms with van der Waals surface area (Å²) in [4.78, 5) is 8.72. The zero-order valence-electron chi connectivity index (χ0n) is 9.61. The van der Waals surface area contributed by atoms with Crippen LogP contribution in [0.2, 0.25) is 0 Å². The van der Waals surface area contributed by atoms with Gasteiger partial charge in [-0.05, 0) is 19.1 Å². The minimum absolute atomic E-state index is 0.336. The molecule has 0 fully saturated rings. The third-order valence-electron chi connectivity index (χ3n) is 2.61. The predicted octanol–water partition coefficient (Wildman–Crippen LogP) is 0.858. The first kappa shape index (κ1) is 10.8. The van der Waals surface area contributed by atoms with Crippen molar-refractivity contribution in [1.29, 1.82) is 0 Å². The number of hydrogen-bond donors (Lipinski definition) is 1. The number of thiocarbonyl (C=S) groups is 1. The second kappa shape index (κ2) is 3.88. The van der Waals surface area contributed by atoms with Crippen molar-refractivity contribution in [3.05, 3.63) is 42.1 Å². The van der Waals surface area contributed by atoms with Crippen molar-refractivity contribution in [1.82, 2.24) is 24.1 Å². The normalized spacial score (nSPS) is 10.9. The summed E-state index contributed by atoms with van der Waals surface area (Å²) >= 11 is 5.03. The Balaban J connectivity index is 2.34. The van der Waals surface area contributed by atoms with Crippen LogP contribution in [0.4, 0.5) is 0 Å². The number of nitrogens with zero attached hydrogens (tertiary/aromatic N) is 5. The number of aryl methyl sites for hydroxylation is 1. The first-order chi connectivity index (χ1) is 8.66. The number of fused-ring (bicyclic) bond motifs is 1. The van der Waals surface area contributed by atoms with Crippen LogP contribution in [0.1, 0.15) is 11.4 Å². The van der Waals surface area contributed by atoms with Crippen LogP contribution in [0.5, 0.6) is 0 Å². The Bertz CT molecular complexity index is 741. The Morgan fingerprint density at radius 1 is 1.44 bits per heavy atom. The first-order valence-corrected chi connectivity index (χ1v) is 5.72. The third kappa shape index (κ3) is 1.56. The van der Waals surface area contributed by atoms with Gasteiger partial charge < -0.3 is 5.73 Å². The number of rotatable bonds is 2. The van der Waals surface area contributed by atoms with Gasteiger partial charge in [0.15, 0.2) is 0 Å². The number of aromatic nitrogens is 5. The molecule has 0 unspecified atom stereocenters. The second-order valence-electron chi connectivity index (χ2n) is 3.86. The molecule has 0 aliphatic carbocycles. The summed E-state index contributed by atoms with van der Waals surface area (Å²) in [7, 11) is 0. The molecule has 2 N–H and O–H groups in total. The molecule has 0 bridgehead atoms. The van der Waals surface area contributed by atoms with E-state index >= 15 is 0 Å². The number of nitrogens with two attached hydrogens (primary N) is 1. The standard InChI is InChI=1S/C11H10N6S/c1-7-5-9(17-11(15-7)13-6-14-17)16-4-2-3-8(16)10(12)18/h2-6H,1H3,(H2,12,18). The van der Waals surface area contributed by atoms with E-state index in [0.29, 0.717) is 10.8 Å². The first-order valence-electron chi connectivity index (χ1n) is 5.32. The summed E-state index contributed by atoms with van der Waals surface area (Å²) in [6.07, 6.45) is 3.35. The quantitative estimate of drug-likeness (QED) is 0.690. The van der Waals surface area contributed by atoms with Gasteiger partial charge in [0.05, 0.1) is 5.69 Å². The Morgan fingerprint density at radius 2 is 2.28 bits per heavy atom. The molecular formula is C11H10N6S. The van der Waals surface area contributed by atoms with Gasteiger partial charge in [-0.25, -0.2) is 4.98 Å². The fourth-order valence-corrected chi connectivity index (χ4v) is 2.03. The number of hydrogen-bond acceptors (Lipinski definition) is 4. The molecule has 3 rings (SSSR count). The van der Waals surface area contributed by atoms with Crippen LogP contribution >= 0.6 is 12.2 Å². The summed E-state index contributed by atoms with van der Waals surface area (Å²) in [5.74, 6) is 1.36. The Kier molecular flexibility index (Phi) is 2.34. The van der Waals surface area contributed by atoms with Crippen LogP contribution < -0.4 is 5.73 Å². The van der Waals surface area contributed by atoms with Crippen molar-refractivity contribution in [3.63, 3.8) is 0 Å². The van der Waals surface area contributed by atoms with E-state index in [2.05, 4.69) is 15.1 Å². The van der Waals surface area contributed by atoms with E-state index in [-0.39, 0.29) is 0 Å². The molecule has 7 heteroatoms. The largest absolute Gasteiger partial charge is 0.388 e. The molecule has 6 nitrogen and oxygen atoms in total. The van der Waals surface area contributed by atoms with Gasteiger partial charge in [0.1, 0.15) is 17.1 Å². The topological polar surface area (TPSA) is 74.0 Å². The molecule has 0 atom stereocenters. The van der Waals surface area contributed by atoms with E-state index in [1.54, 1.807) is 4.52 Å². The highest BCUT2D eigenvalue weighted by Gasteiger charge is 2.11. The van der Waals surface area contributed by atoms with Gasteiger partial charge in [0, 0.05) is 18.0 Å². The van der Waals surface area contributed by atoms with E-state index in [4.69, 9.17) is 18.0 Å². The SMILES string of the molecule is Cc1cc(-n2cccc2C(N)=S)n2ncnc2n1. The molecule has 0 saturated carbocycles. The van der Waals surface area contributed by atoms with Crippen LogP contribution in [0.15, 0.2) is 30.7 Å². The van der Waals surface area contributed by atoms with Crippen LogP contribution in [0.25, 0.3) is 11.6 Å². The van der Waals surface area contributed by atoms with Crippen LogP contribution in [0, 0.1) is 6.92 Å². The minimum Gasteiger partial charge on any atom is -0.388 e. The molecule has 3 aromatic rings. The molecule has 0 spiro atoms. The lowest BCUT2D eigenvalue weighted by Gasteiger charge is -2.09. The van der Waals surface area contributed by atoms with Crippen molar-refractivity contribution in [3.8, 4) is 5.82 Å². The molecule has 0 aromatic carbocycles. The van der Waals surface area contributed by atoms with Crippen molar-refractivity contribution in [2.75, 3.05) is 0 Å². The van der Waals surface area contributed by atoms with Gasteiger partial charge >= 0.3 is 0 Å². The summed E-state index contributed by atoms with van der Waals surface area (Å²) in [6, 6.07) is 5.65. The van der Waals surface area contributed by atoms with Crippen LogP contribution in [-0.4, -0.2) is 29.1 Å². The fourth-order valence-electron chi connectivity index (χ4n) is 1.86. The fraction of sp³-hybridized carbons (Fsp3) is 0.0909. The van der Waals surface area contributed by atoms with E-state index < -0.39 is 0 Å². The van der Waals surface area contributed by atoms with Crippen molar-refractivity contribution in [2.45, 2.75) is 6.92 Å². The monoisotopic (exact) mass is 258 g/mol. The average Bonchev–Trinajstić information content (AvgIpc) is 2.95. The van der Waals surface area contributed by atoms with Gasteiger partial charge in [-0.1, -0.05) is 12.2 Å². The maximum Gasteiger partial charge on any atom is 0.254 e. The van der Waals surface area contributed by atoms with E-state index in [1.165, 1.54) is 6.33 Å². The summed E-state index contributed by atoms with van der Waals surface area (Å²) in [5.41, 5.74) is 7.32. The molecule has 18 heavy (non-hydrogen) atoms. The predicted molar refractivity (Wildman–Crippen MR) is 70.7 cm³/mol. The maximum atomic E-state index is 5.70. The van der Waals surface area contributed by atoms with E-state index in [9.17, 15) is 0 Å². The summed E-state index contributed by atoms with van der Waals surface area (Å²) < 4.78 is 3.52. The van der Waals surface area contributed by atoms with Gasteiger partial charge in [-0.15, -0.1) is 0 Å². The lowest BCUT2D eigenvalue weighted by atomic mass is 10.4. The molecule has 90 valence electrons. The zero-order chi connectivity index (χ0) is 12.7. The lowest BCUT2D eigenvalue weighted by Crippen LogP contribution is -2.16. The van der Waals surface area contributed by atoms with Gasteiger partial charge in [0.25, 0.3) is 5.78 Å². The Morgan fingerprint density at radius 3 is 3.06 bits per heavy atom. The molecule has 0 radical (unpaired) electrons. The maximum absolute atomic E-state index is 5.70. The average molecular weight is 258 g/mol. The van der Waals surface area contributed by atoms with Crippen molar-refractivity contribution in [2.24, 2.45) is 5.73 Å². The van der Waals surface area contributed by atoms with Crippen LogP contribution in [-0.2, 0) is 0 Å². The third-order valence-corrected chi connectivity index (χ3v) is 2.82. The molecule has 0 amide bonds. The second-order valence-corrected chi connectivity index (χ2v) is 4.30. The molecular weight excluding hydrogens is 248 g/mol. The van der Waals surface area contributed by atoms with Crippen molar-refractivity contribution < 1.29 is 0 Å². The highest BCUT2D eigenvalue weighted by molar-refractivity contribution is 7.80. The molecule has 0 aliphatic heterocycles. The molecule has 0 aliphatic rings. The van der Waals surface area contributed by atoms with Crippen LogP contribution in [0.3, 0.4) is 0 Å². The smallest absolute Gasteiger partial charge is 0.254 e. The molecule has 3 heterocycles. The minimum atomic E-state index is 0.336. The van der Waals surface area contributed by atoms with Gasteiger partial charge in [-0.2, -0.15) is 14.6 Å². The molecule has 0 saturated heterocycles.